The summed E-state index contributed by atoms with van der Waals surface area (Å²) in [7, 11) is 0. The van der Waals surface area contributed by atoms with Crippen molar-refractivity contribution in [2.75, 3.05) is 11.5 Å². The highest BCUT2D eigenvalue weighted by atomic mass is 19.1. The third-order valence-electron chi connectivity index (χ3n) is 2.20. The number of aromatic nitrogens is 3. The monoisotopic (exact) mass is 281 g/mol. The van der Waals surface area contributed by atoms with Gasteiger partial charge in [-0.3, -0.25) is 0 Å². The van der Waals surface area contributed by atoms with Crippen LogP contribution in [0.4, 0.5) is 20.7 Å². The molecule has 0 unspecified atom stereocenters. The van der Waals surface area contributed by atoms with E-state index >= 15 is 0 Å². The van der Waals surface area contributed by atoms with Gasteiger partial charge in [-0.2, -0.15) is 15.0 Å². The first-order valence-corrected chi connectivity index (χ1v) is 5.34. The molecule has 0 amide bonds. The summed E-state index contributed by atoms with van der Waals surface area (Å²) < 4.78 is 30.8. The summed E-state index contributed by atoms with van der Waals surface area (Å²) in [6, 6.07) is 2.50. The Hall–Kier alpha value is -2.84. The quantitative estimate of drug-likeness (QED) is 0.794. The van der Waals surface area contributed by atoms with Crippen LogP contribution >= 0.6 is 0 Å². The Morgan fingerprint density at radius 2 is 1.80 bits per heavy atom. The second kappa shape index (κ2) is 5.43. The third-order valence-corrected chi connectivity index (χ3v) is 2.20. The highest BCUT2D eigenvalue weighted by Gasteiger charge is 2.15. The Morgan fingerprint density at radius 1 is 1.15 bits per heavy atom. The maximum atomic E-state index is 13.3. The molecule has 4 N–H and O–H groups in total. The van der Waals surface area contributed by atoms with Gasteiger partial charge in [0, 0.05) is 6.07 Å². The Morgan fingerprint density at radius 3 is 2.40 bits per heavy atom. The van der Waals surface area contributed by atoms with Crippen molar-refractivity contribution in [3.63, 3.8) is 0 Å². The number of hydrogen-bond donors (Lipinski definition) is 2. The minimum atomic E-state index is -1.02. The fraction of sp³-hybridized carbons (Fsp3) is 0.0909. The number of anilines is 2. The van der Waals surface area contributed by atoms with Crippen molar-refractivity contribution in [3.05, 3.63) is 41.2 Å². The molecule has 1 aromatic heterocycles. The number of nitrogen functional groups attached to an aromatic ring is 2. The van der Waals surface area contributed by atoms with Gasteiger partial charge in [-0.25, -0.2) is 13.6 Å². The van der Waals surface area contributed by atoms with E-state index in [0.717, 1.165) is 12.1 Å². The second-order valence-corrected chi connectivity index (χ2v) is 3.67. The predicted octanol–water partition coefficient (Wildman–Crippen LogP) is 0.671. The first-order valence-electron chi connectivity index (χ1n) is 5.34. The van der Waals surface area contributed by atoms with Gasteiger partial charge in [0.1, 0.15) is 11.6 Å². The van der Waals surface area contributed by atoms with E-state index in [9.17, 15) is 13.6 Å². The van der Waals surface area contributed by atoms with E-state index in [1.54, 1.807) is 0 Å². The Kier molecular flexibility index (Phi) is 3.69. The number of nitrogens with two attached hydrogens (primary N) is 2. The number of carbonyl (C=O) groups is 1. The van der Waals surface area contributed by atoms with E-state index in [1.165, 1.54) is 0 Å². The summed E-state index contributed by atoms with van der Waals surface area (Å²) in [4.78, 5) is 22.5. The highest BCUT2D eigenvalue weighted by molar-refractivity contribution is 5.89. The zero-order valence-corrected chi connectivity index (χ0v) is 10.0. The van der Waals surface area contributed by atoms with E-state index in [0.29, 0.717) is 6.07 Å². The lowest BCUT2D eigenvalue weighted by Gasteiger charge is -2.05. The highest BCUT2D eigenvalue weighted by Crippen LogP contribution is 2.11. The van der Waals surface area contributed by atoms with Gasteiger partial charge in [0.15, 0.2) is 12.4 Å². The topological polar surface area (TPSA) is 117 Å². The lowest BCUT2D eigenvalue weighted by atomic mass is 10.2. The number of carbonyl (C=O) groups excluding carboxylic acids is 1. The van der Waals surface area contributed by atoms with Crippen LogP contribution in [0.3, 0.4) is 0 Å². The molecule has 2 aromatic rings. The van der Waals surface area contributed by atoms with E-state index < -0.39 is 23.2 Å². The van der Waals surface area contributed by atoms with Crippen LogP contribution in [0.15, 0.2) is 18.2 Å². The molecule has 0 radical (unpaired) electrons. The first-order chi connectivity index (χ1) is 9.45. The summed E-state index contributed by atoms with van der Waals surface area (Å²) in [5.41, 5.74) is 10.3. The molecule has 1 aromatic carbocycles. The van der Waals surface area contributed by atoms with E-state index in [-0.39, 0.29) is 24.3 Å². The van der Waals surface area contributed by atoms with Crippen LogP contribution in [0, 0.1) is 11.6 Å². The third kappa shape index (κ3) is 3.13. The summed E-state index contributed by atoms with van der Waals surface area (Å²) >= 11 is 0. The van der Waals surface area contributed by atoms with Crippen LogP contribution in [-0.2, 0) is 11.3 Å². The lowest BCUT2D eigenvalue weighted by Crippen LogP contribution is -2.12. The number of halogens is 2. The van der Waals surface area contributed by atoms with Crippen molar-refractivity contribution in [1.82, 2.24) is 15.0 Å². The minimum Gasteiger partial charge on any atom is -0.454 e. The van der Waals surface area contributed by atoms with Gasteiger partial charge >= 0.3 is 5.97 Å². The molecular weight excluding hydrogens is 272 g/mol. The second-order valence-electron chi connectivity index (χ2n) is 3.67. The van der Waals surface area contributed by atoms with Crippen molar-refractivity contribution in [2.45, 2.75) is 6.61 Å². The van der Waals surface area contributed by atoms with Gasteiger partial charge in [0.25, 0.3) is 0 Å². The SMILES string of the molecule is Nc1nc(N)nc(COC(=O)c2ccc(F)cc2F)n1. The van der Waals surface area contributed by atoms with Gasteiger partial charge in [0.05, 0.1) is 5.56 Å². The largest absolute Gasteiger partial charge is 0.454 e. The molecule has 0 aliphatic rings. The van der Waals surface area contributed by atoms with Crippen LogP contribution in [0.25, 0.3) is 0 Å². The minimum absolute atomic E-state index is 0.0193. The number of ether oxygens (including phenoxy) is 1. The summed E-state index contributed by atoms with van der Waals surface area (Å²) in [5.74, 6) is -3.04. The molecule has 2 rings (SSSR count). The average Bonchev–Trinajstić information content (AvgIpc) is 2.35. The van der Waals surface area contributed by atoms with Crippen LogP contribution in [0.1, 0.15) is 16.2 Å². The van der Waals surface area contributed by atoms with Crippen molar-refractivity contribution in [1.29, 1.82) is 0 Å². The maximum absolute atomic E-state index is 13.3. The van der Waals surface area contributed by atoms with Crippen molar-refractivity contribution < 1.29 is 18.3 Å². The Balaban J connectivity index is 2.08. The van der Waals surface area contributed by atoms with E-state index in [2.05, 4.69) is 15.0 Å². The molecule has 0 saturated carbocycles. The molecule has 20 heavy (non-hydrogen) atoms. The molecular formula is C11H9F2N5O2. The van der Waals surface area contributed by atoms with Crippen LogP contribution < -0.4 is 11.5 Å². The van der Waals surface area contributed by atoms with Crippen molar-refractivity contribution >= 4 is 17.9 Å². The van der Waals surface area contributed by atoms with Gasteiger partial charge in [0.2, 0.25) is 11.9 Å². The number of esters is 1. The molecule has 0 saturated heterocycles. The first kappa shape index (κ1) is 13.6. The fourth-order valence-corrected chi connectivity index (χ4v) is 1.38. The summed E-state index contributed by atoms with van der Waals surface area (Å²) in [5, 5.41) is 0. The number of rotatable bonds is 3. The zero-order valence-electron chi connectivity index (χ0n) is 10.0. The maximum Gasteiger partial charge on any atom is 0.341 e. The standard InChI is InChI=1S/C11H9F2N5O2/c12-5-1-2-6(7(13)3-5)9(19)20-4-8-16-10(14)18-11(15)17-8/h1-3H,4H2,(H4,14,15,16,17,18). The van der Waals surface area contributed by atoms with Crippen LogP contribution in [0.2, 0.25) is 0 Å². The predicted molar refractivity (Wildman–Crippen MR) is 64.1 cm³/mol. The molecule has 9 heteroatoms. The van der Waals surface area contributed by atoms with Gasteiger partial charge in [-0.1, -0.05) is 0 Å². The summed E-state index contributed by atoms with van der Waals surface area (Å²) in [6.07, 6.45) is 0. The van der Waals surface area contributed by atoms with E-state index in [4.69, 9.17) is 16.2 Å². The van der Waals surface area contributed by atoms with Gasteiger partial charge < -0.3 is 16.2 Å². The normalized spacial score (nSPS) is 10.3. The molecule has 104 valence electrons. The molecule has 0 bridgehead atoms. The average molecular weight is 281 g/mol. The fourth-order valence-electron chi connectivity index (χ4n) is 1.38. The molecule has 0 aliphatic heterocycles. The molecule has 0 fully saturated rings. The van der Waals surface area contributed by atoms with Crippen molar-refractivity contribution in [3.8, 4) is 0 Å². The van der Waals surface area contributed by atoms with Crippen molar-refractivity contribution in [2.24, 2.45) is 0 Å². The molecule has 0 atom stereocenters. The number of nitrogens with zero attached hydrogens (tertiary/aromatic N) is 3. The Labute approximate surface area is 111 Å². The molecule has 0 spiro atoms. The zero-order chi connectivity index (χ0) is 14.7. The van der Waals surface area contributed by atoms with E-state index in [1.807, 2.05) is 0 Å². The molecule has 1 heterocycles. The molecule has 0 aliphatic carbocycles. The lowest BCUT2D eigenvalue weighted by molar-refractivity contribution is 0.0456. The van der Waals surface area contributed by atoms with Crippen LogP contribution in [0.5, 0.6) is 0 Å². The van der Waals surface area contributed by atoms with Gasteiger partial charge in [-0.05, 0) is 12.1 Å². The number of benzene rings is 1. The smallest absolute Gasteiger partial charge is 0.341 e. The Bertz CT molecular complexity index is 645. The summed E-state index contributed by atoms with van der Waals surface area (Å²) in [6.45, 7) is -0.368. The number of hydrogen-bond acceptors (Lipinski definition) is 7. The van der Waals surface area contributed by atoms with Crippen LogP contribution in [-0.4, -0.2) is 20.9 Å². The van der Waals surface area contributed by atoms with Gasteiger partial charge in [-0.15, -0.1) is 0 Å². The molecule has 7 nitrogen and oxygen atoms in total.